The molecule has 0 saturated carbocycles. The van der Waals surface area contributed by atoms with Crippen molar-refractivity contribution in [3.8, 4) is 5.75 Å². The summed E-state index contributed by atoms with van der Waals surface area (Å²) in [6.07, 6.45) is 0.971. The van der Waals surface area contributed by atoms with Gasteiger partial charge in [-0.05, 0) is 51.0 Å². The second kappa shape index (κ2) is 9.86. The SMILES string of the molecule is CC(C)C(CSCCCOc1ccccc1)C(=O)OC(C)(C)C. The van der Waals surface area contributed by atoms with Gasteiger partial charge in [-0.1, -0.05) is 32.0 Å². The molecule has 1 rings (SSSR count). The van der Waals surface area contributed by atoms with E-state index < -0.39 is 5.60 Å². The minimum Gasteiger partial charge on any atom is -0.494 e. The van der Waals surface area contributed by atoms with E-state index in [0.717, 1.165) is 23.7 Å². The molecule has 4 heteroatoms. The predicted octanol–water partition coefficient (Wildman–Crippen LogP) is 4.80. The van der Waals surface area contributed by atoms with Gasteiger partial charge in [0, 0.05) is 5.75 Å². The normalized spacial score (nSPS) is 13.0. The third-order valence-electron chi connectivity index (χ3n) is 3.26. The monoisotopic (exact) mass is 338 g/mol. The van der Waals surface area contributed by atoms with Crippen molar-refractivity contribution in [3.63, 3.8) is 0 Å². The van der Waals surface area contributed by atoms with Crippen LogP contribution in [-0.4, -0.2) is 29.7 Å². The number of para-hydroxylation sites is 1. The van der Waals surface area contributed by atoms with Gasteiger partial charge in [0.25, 0.3) is 0 Å². The van der Waals surface area contributed by atoms with Gasteiger partial charge < -0.3 is 9.47 Å². The van der Waals surface area contributed by atoms with E-state index >= 15 is 0 Å². The van der Waals surface area contributed by atoms with E-state index in [4.69, 9.17) is 9.47 Å². The number of benzene rings is 1. The van der Waals surface area contributed by atoms with Gasteiger partial charge >= 0.3 is 5.97 Å². The smallest absolute Gasteiger partial charge is 0.310 e. The number of rotatable bonds is 9. The van der Waals surface area contributed by atoms with Crippen LogP contribution in [0.4, 0.5) is 0 Å². The largest absolute Gasteiger partial charge is 0.494 e. The van der Waals surface area contributed by atoms with Crippen LogP contribution in [-0.2, 0) is 9.53 Å². The van der Waals surface area contributed by atoms with E-state index in [1.54, 1.807) is 11.8 Å². The van der Waals surface area contributed by atoms with Crippen LogP contribution < -0.4 is 4.74 Å². The highest BCUT2D eigenvalue weighted by Crippen LogP contribution is 2.22. The van der Waals surface area contributed by atoms with Gasteiger partial charge in [0.1, 0.15) is 11.4 Å². The van der Waals surface area contributed by atoms with Gasteiger partial charge in [-0.3, -0.25) is 4.79 Å². The summed E-state index contributed by atoms with van der Waals surface area (Å²) in [6, 6.07) is 9.84. The Morgan fingerprint density at radius 2 is 1.83 bits per heavy atom. The van der Waals surface area contributed by atoms with Crippen molar-refractivity contribution < 1.29 is 14.3 Å². The summed E-state index contributed by atoms with van der Waals surface area (Å²) in [5.74, 6) is 2.86. The fourth-order valence-electron chi connectivity index (χ4n) is 1.99. The first-order valence-corrected chi connectivity index (χ1v) is 9.43. The Bertz CT molecular complexity index is 451. The number of esters is 1. The van der Waals surface area contributed by atoms with Crippen molar-refractivity contribution in [2.24, 2.45) is 11.8 Å². The molecule has 1 aromatic rings. The van der Waals surface area contributed by atoms with Crippen molar-refractivity contribution >= 4 is 17.7 Å². The van der Waals surface area contributed by atoms with Crippen LogP contribution >= 0.6 is 11.8 Å². The Balaban J connectivity index is 2.24. The number of hydrogen-bond donors (Lipinski definition) is 0. The van der Waals surface area contributed by atoms with Gasteiger partial charge in [-0.15, -0.1) is 0 Å². The molecule has 0 aliphatic heterocycles. The lowest BCUT2D eigenvalue weighted by molar-refractivity contribution is -0.160. The number of carbonyl (C=O) groups excluding carboxylic acids is 1. The van der Waals surface area contributed by atoms with E-state index in [2.05, 4.69) is 13.8 Å². The molecule has 0 aliphatic carbocycles. The quantitative estimate of drug-likeness (QED) is 0.478. The number of thioether (sulfide) groups is 1. The molecule has 1 aromatic carbocycles. The maximum atomic E-state index is 12.2. The lowest BCUT2D eigenvalue weighted by atomic mass is 9.98. The summed E-state index contributed by atoms with van der Waals surface area (Å²) in [5.41, 5.74) is -0.418. The van der Waals surface area contributed by atoms with Crippen molar-refractivity contribution in [1.29, 1.82) is 0 Å². The summed E-state index contributed by atoms with van der Waals surface area (Å²) in [7, 11) is 0. The highest BCUT2D eigenvalue weighted by molar-refractivity contribution is 7.99. The number of ether oxygens (including phenoxy) is 2. The lowest BCUT2D eigenvalue weighted by Crippen LogP contribution is -2.32. The molecular weight excluding hydrogens is 308 g/mol. The number of carbonyl (C=O) groups is 1. The van der Waals surface area contributed by atoms with Gasteiger partial charge in [0.05, 0.1) is 12.5 Å². The molecule has 0 aliphatic rings. The molecule has 0 N–H and O–H groups in total. The van der Waals surface area contributed by atoms with Gasteiger partial charge in [-0.25, -0.2) is 0 Å². The zero-order valence-corrected chi connectivity index (χ0v) is 15.8. The highest BCUT2D eigenvalue weighted by Gasteiger charge is 2.27. The lowest BCUT2D eigenvalue weighted by Gasteiger charge is -2.25. The fourth-order valence-corrected chi connectivity index (χ4v) is 3.25. The first-order chi connectivity index (χ1) is 10.8. The number of hydrogen-bond acceptors (Lipinski definition) is 4. The molecule has 0 radical (unpaired) electrons. The van der Waals surface area contributed by atoms with E-state index in [1.807, 2.05) is 51.1 Å². The van der Waals surface area contributed by atoms with E-state index in [1.165, 1.54) is 0 Å². The van der Waals surface area contributed by atoms with E-state index in [-0.39, 0.29) is 17.8 Å². The maximum absolute atomic E-state index is 12.2. The standard InChI is InChI=1S/C19H30O3S/c1-15(2)17(18(20)22-19(3,4)5)14-23-13-9-12-21-16-10-7-6-8-11-16/h6-8,10-11,15,17H,9,12-14H2,1-5H3. The molecule has 0 spiro atoms. The first-order valence-electron chi connectivity index (χ1n) is 8.28. The second-order valence-corrected chi connectivity index (χ2v) is 8.12. The van der Waals surface area contributed by atoms with Crippen molar-refractivity contribution in [2.75, 3.05) is 18.1 Å². The Labute approximate surface area is 145 Å². The second-order valence-electron chi connectivity index (χ2n) is 6.97. The summed E-state index contributed by atoms with van der Waals surface area (Å²) >= 11 is 1.80. The van der Waals surface area contributed by atoms with Crippen molar-refractivity contribution in [3.05, 3.63) is 30.3 Å². The van der Waals surface area contributed by atoms with Gasteiger partial charge in [-0.2, -0.15) is 11.8 Å². The minimum atomic E-state index is -0.418. The molecule has 0 saturated heterocycles. The predicted molar refractivity (Wildman–Crippen MR) is 98.1 cm³/mol. The summed E-state index contributed by atoms with van der Waals surface area (Å²) in [6.45, 7) is 10.6. The zero-order chi connectivity index (χ0) is 17.3. The van der Waals surface area contributed by atoms with Crippen molar-refractivity contribution in [1.82, 2.24) is 0 Å². The molecule has 0 bridgehead atoms. The van der Waals surface area contributed by atoms with E-state index in [0.29, 0.717) is 6.61 Å². The van der Waals surface area contributed by atoms with Crippen LogP contribution in [0, 0.1) is 11.8 Å². The molecule has 130 valence electrons. The fraction of sp³-hybridized carbons (Fsp3) is 0.632. The Morgan fingerprint density at radius 3 is 2.39 bits per heavy atom. The average molecular weight is 339 g/mol. The molecule has 23 heavy (non-hydrogen) atoms. The molecular formula is C19H30O3S. The molecule has 3 nitrogen and oxygen atoms in total. The molecule has 0 heterocycles. The average Bonchev–Trinajstić information content (AvgIpc) is 2.45. The third-order valence-corrected chi connectivity index (χ3v) is 4.43. The first kappa shape index (κ1) is 19.9. The Kier molecular flexibility index (Phi) is 8.53. The molecule has 0 amide bonds. The third kappa shape index (κ3) is 8.89. The summed E-state index contributed by atoms with van der Waals surface area (Å²) in [5, 5.41) is 0. The zero-order valence-electron chi connectivity index (χ0n) is 15.0. The van der Waals surface area contributed by atoms with Crippen LogP contribution in [0.3, 0.4) is 0 Å². The van der Waals surface area contributed by atoms with E-state index in [9.17, 15) is 4.79 Å². The molecule has 1 unspecified atom stereocenters. The summed E-state index contributed by atoms with van der Waals surface area (Å²) in [4.78, 5) is 12.2. The minimum absolute atomic E-state index is 0.0470. The topological polar surface area (TPSA) is 35.5 Å². The van der Waals surface area contributed by atoms with Gasteiger partial charge in [0.2, 0.25) is 0 Å². The maximum Gasteiger partial charge on any atom is 0.310 e. The van der Waals surface area contributed by atoms with Crippen LogP contribution in [0.2, 0.25) is 0 Å². The van der Waals surface area contributed by atoms with Crippen LogP contribution in [0.1, 0.15) is 41.0 Å². The molecule has 0 fully saturated rings. The highest BCUT2D eigenvalue weighted by atomic mass is 32.2. The van der Waals surface area contributed by atoms with Crippen molar-refractivity contribution in [2.45, 2.75) is 46.6 Å². The molecule has 1 atom stereocenters. The Hall–Kier alpha value is -1.16. The Morgan fingerprint density at radius 1 is 1.17 bits per heavy atom. The van der Waals surface area contributed by atoms with Crippen LogP contribution in [0.25, 0.3) is 0 Å². The molecule has 0 aromatic heterocycles. The van der Waals surface area contributed by atoms with Crippen LogP contribution in [0.5, 0.6) is 5.75 Å². The van der Waals surface area contributed by atoms with Crippen LogP contribution in [0.15, 0.2) is 30.3 Å². The summed E-state index contributed by atoms with van der Waals surface area (Å²) < 4.78 is 11.2. The van der Waals surface area contributed by atoms with Gasteiger partial charge in [0.15, 0.2) is 0 Å².